The number of para-hydroxylation sites is 2. The summed E-state index contributed by atoms with van der Waals surface area (Å²) in [4.78, 5) is 10.4. The maximum atomic E-state index is 10.9. The summed E-state index contributed by atoms with van der Waals surface area (Å²) in [5.74, 6) is 5.96. The minimum absolute atomic E-state index is 0.0448. The Morgan fingerprint density at radius 2 is 2.00 bits per heavy atom. The van der Waals surface area contributed by atoms with Crippen LogP contribution in [-0.4, -0.2) is 11.5 Å². The number of hydrogen-bond acceptors (Lipinski definition) is 4. The summed E-state index contributed by atoms with van der Waals surface area (Å²) < 4.78 is 5.53. The molecule has 0 amide bonds. The molecule has 0 saturated carbocycles. The molecule has 0 heterocycles. The van der Waals surface area contributed by atoms with Gasteiger partial charge in [0.15, 0.2) is 5.75 Å². The van der Waals surface area contributed by atoms with Crippen molar-refractivity contribution in [3.05, 3.63) is 69.8 Å². The molecule has 2 rings (SSSR count). The molecule has 0 bridgehead atoms. The molecule has 0 aromatic heterocycles. The number of nitro groups is 1. The van der Waals surface area contributed by atoms with Gasteiger partial charge in [-0.15, -0.1) is 0 Å². The molecule has 0 radical (unpaired) electrons. The summed E-state index contributed by atoms with van der Waals surface area (Å²) in [5, 5.41) is 10.9. The first kappa shape index (κ1) is 14.6. The van der Waals surface area contributed by atoms with E-state index < -0.39 is 4.92 Å². The second kappa shape index (κ2) is 7.08. The van der Waals surface area contributed by atoms with E-state index in [1.807, 2.05) is 24.3 Å². The lowest BCUT2D eigenvalue weighted by atomic mass is 10.1. The van der Waals surface area contributed by atoms with E-state index in [2.05, 4.69) is 11.8 Å². The lowest BCUT2D eigenvalue weighted by Gasteiger charge is -2.07. The van der Waals surface area contributed by atoms with E-state index in [1.54, 1.807) is 18.2 Å². The van der Waals surface area contributed by atoms with Crippen LogP contribution in [0.4, 0.5) is 5.69 Å². The number of nitrogens with zero attached hydrogens (tertiary/aromatic N) is 1. The predicted octanol–water partition coefficient (Wildman–Crippen LogP) is 2.48. The van der Waals surface area contributed by atoms with Crippen LogP contribution in [0, 0.1) is 22.0 Å². The average Bonchev–Trinajstić information content (AvgIpc) is 2.51. The van der Waals surface area contributed by atoms with Crippen LogP contribution in [0.5, 0.6) is 5.75 Å². The standard InChI is InChI=1S/C16H14N2O3/c17-10-4-7-13-5-3-6-14(11-13)12-21-16-9-2-1-8-15(16)18(19)20/h1-3,5-6,8-9,11H,10,12,17H2. The van der Waals surface area contributed by atoms with Crippen LogP contribution in [0.3, 0.4) is 0 Å². The second-order valence-electron chi connectivity index (χ2n) is 4.22. The van der Waals surface area contributed by atoms with Gasteiger partial charge in [0.05, 0.1) is 11.5 Å². The van der Waals surface area contributed by atoms with Gasteiger partial charge in [-0.3, -0.25) is 10.1 Å². The molecule has 0 aliphatic rings. The summed E-state index contributed by atoms with van der Waals surface area (Å²) >= 11 is 0. The minimum Gasteiger partial charge on any atom is -0.482 e. The van der Waals surface area contributed by atoms with Gasteiger partial charge in [-0.05, 0) is 23.8 Å². The van der Waals surface area contributed by atoms with E-state index in [0.717, 1.165) is 11.1 Å². The van der Waals surface area contributed by atoms with Gasteiger partial charge in [0, 0.05) is 11.6 Å². The van der Waals surface area contributed by atoms with Crippen molar-refractivity contribution in [2.24, 2.45) is 5.73 Å². The van der Waals surface area contributed by atoms with Crippen molar-refractivity contribution in [3.8, 4) is 17.6 Å². The molecule has 2 aromatic rings. The molecule has 0 saturated heterocycles. The highest BCUT2D eigenvalue weighted by molar-refractivity contribution is 5.46. The molecule has 21 heavy (non-hydrogen) atoms. The third-order valence-corrected chi connectivity index (χ3v) is 2.72. The Balaban J connectivity index is 2.12. The molecule has 0 unspecified atom stereocenters. The van der Waals surface area contributed by atoms with Crippen molar-refractivity contribution in [1.82, 2.24) is 0 Å². The Labute approximate surface area is 122 Å². The summed E-state index contributed by atoms with van der Waals surface area (Å²) in [6.45, 7) is 0.542. The van der Waals surface area contributed by atoms with Gasteiger partial charge in [0.1, 0.15) is 6.61 Å². The summed E-state index contributed by atoms with van der Waals surface area (Å²) in [6, 6.07) is 13.8. The first-order valence-corrected chi connectivity index (χ1v) is 6.35. The number of rotatable bonds is 4. The molecule has 0 atom stereocenters. The van der Waals surface area contributed by atoms with Crippen molar-refractivity contribution in [1.29, 1.82) is 0 Å². The number of ether oxygens (including phenoxy) is 1. The highest BCUT2D eigenvalue weighted by atomic mass is 16.6. The van der Waals surface area contributed by atoms with E-state index in [4.69, 9.17) is 10.5 Å². The minimum atomic E-state index is -0.460. The van der Waals surface area contributed by atoms with Gasteiger partial charge < -0.3 is 10.5 Å². The van der Waals surface area contributed by atoms with Crippen molar-refractivity contribution in [2.75, 3.05) is 6.54 Å². The predicted molar refractivity (Wildman–Crippen MR) is 79.8 cm³/mol. The number of nitro benzene ring substituents is 1. The molecule has 2 N–H and O–H groups in total. The third kappa shape index (κ3) is 4.06. The zero-order valence-corrected chi connectivity index (χ0v) is 11.3. The quantitative estimate of drug-likeness (QED) is 0.531. The first-order valence-electron chi connectivity index (χ1n) is 6.35. The van der Waals surface area contributed by atoms with Gasteiger partial charge in [-0.1, -0.05) is 36.1 Å². The van der Waals surface area contributed by atoms with E-state index >= 15 is 0 Å². The van der Waals surface area contributed by atoms with Crippen LogP contribution in [0.25, 0.3) is 0 Å². The van der Waals surface area contributed by atoms with Gasteiger partial charge in [-0.25, -0.2) is 0 Å². The third-order valence-electron chi connectivity index (χ3n) is 2.72. The largest absolute Gasteiger partial charge is 0.482 e. The van der Waals surface area contributed by atoms with Crippen LogP contribution in [0.15, 0.2) is 48.5 Å². The molecule has 0 fully saturated rings. The highest BCUT2D eigenvalue weighted by Gasteiger charge is 2.13. The summed E-state index contributed by atoms with van der Waals surface area (Å²) in [5.41, 5.74) is 7.01. The Hall–Kier alpha value is -2.84. The zero-order valence-electron chi connectivity index (χ0n) is 11.3. The zero-order chi connectivity index (χ0) is 15.1. The van der Waals surface area contributed by atoms with Crippen molar-refractivity contribution < 1.29 is 9.66 Å². The molecule has 2 aromatic carbocycles. The van der Waals surface area contributed by atoms with Gasteiger partial charge >= 0.3 is 5.69 Å². The molecule has 106 valence electrons. The average molecular weight is 282 g/mol. The van der Waals surface area contributed by atoms with Crippen LogP contribution < -0.4 is 10.5 Å². The second-order valence-corrected chi connectivity index (χ2v) is 4.22. The van der Waals surface area contributed by atoms with Gasteiger partial charge in [0.25, 0.3) is 0 Å². The lowest BCUT2D eigenvalue weighted by Crippen LogP contribution is -1.99. The Bertz CT molecular complexity index is 702. The fourth-order valence-electron chi connectivity index (χ4n) is 1.78. The Kier molecular flexibility index (Phi) is 4.91. The fourth-order valence-corrected chi connectivity index (χ4v) is 1.78. The Morgan fingerprint density at radius 3 is 2.76 bits per heavy atom. The smallest absolute Gasteiger partial charge is 0.310 e. The number of nitrogens with two attached hydrogens (primary N) is 1. The molecular formula is C16H14N2O3. The maximum absolute atomic E-state index is 10.9. The summed E-state index contributed by atoms with van der Waals surface area (Å²) in [6.07, 6.45) is 0. The first-order chi connectivity index (χ1) is 10.2. The monoisotopic (exact) mass is 282 g/mol. The van der Waals surface area contributed by atoms with Crippen LogP contribution in [0.2, 0.25) is 0 Å². The fraction of sp³-hybridized carbons (Fsp3) is 0.125. The van der Waals surface area contributed by atoms with E-state index in [-0.39, 0.29) is 18.0 Å². The molecule has 0 aliphatic carbocycles. The van der Waals surface area contributed by atoms with Crippen molar-refractivity contribution in [3.63, 3.8) is 0 Å². The van der Waals surface area contributed by atoms with Crippen molar-refractivity contribution in [2.45, 2.75) is 6.61 Å². The van der Waals surface area contributed by atoms with Gasteiger partial charge in [0.2, 0.25) is 0 Å². The highest BCUT2D eigenvalue weighted by Crippen LogP contribution is 2.26. The lowest BCUT2D eigenvalue weighted by molar-refractivity contribution is -0.385. The van der Waals surface area contributed by atoms with Crippen LogP contribution in [-0.2, 0) is 6.61 Å². The summed E-state index contributed by atoms with van der Waals surface area (Å²) in [7, 11) is 0. The molecule has 5 heteroatoms. The molecule has 5 nitrogen and oxygen atoms in total. The van der Waals surface area contributed by atoms with Crippen LogP contribution >= 0.6 is 0 Å². The van der Waals surface area contributed by atoms with Crippen LogP contribution in [0.1, 0.15) is 11.1 Å². The topological polar surface area (TPSA) is 78.4 Å². The van der Waals surface area contributed by atoms with E-state index in [1.165, 1.54) is 6.07 Å². The number of hydrogen-bond donors (Lipinski definition) is 1. The molecular weight excluding hydrogens is 268 g/mol. The molecule has 0 aliphatic heterocycles. The normalized spacial score (nSPS) is 9.57. The number of benzene rings is 2. The molecule has 0 spiro atoms. The maximum Gasteiger partial charge on any atom is 0.310 e. The van der Waals surface area contributed by atoms with E-state index in [0.29, 0.717) is 6.54 Å². The van der Waals surface area contributed by atoms with Crippen molar-refractivity contribution >= 4 is 5.69 Å². The SMILES string of the molecule is NCC#Cc1cccc(COc2ccccc2[N+](=O)[O-])c1. The Morgan fingerprint density at radius 1 is 1.19 bits per heavy atom. The van der Waals surface area contributed by atoms with Gasteiger partial charge in [-0.2, -0.15) is 0 Å². The van der Waals surface area contributed by atoms with E-state index in [9.17, 15) is 10.1 Å².